The lowest BCUT2D eigenvalue weighted by Gasteiger charge is -2.32. The molecule has 1 aromatic heterocycles. The molecule has 0 unspecified atom stereocenters. The van der Waals surface area contributed by atoms with Crippen LogP contribution in [-0.4, -0.2) is 53.2 Å². The van der Waals surface area contributed by atoms with Crippen LogP contribution in [0.25, 0.3) is 11.8 Å². The molecule has 0 radical (unpaired) electrons. The number of carbonyl (C=O) groups excluding carboxylic acids is 1. The van der Waals surface area contributed by atoms with Crippen molar-refractivity contribution < 1.29 is 35.9 Å². The first kappa shape index (κ1) is 32.0. The van der Waals surface area contributed by atoms with Crippen molar-refractivity contribution in [2.24, 2.45) is 0 Å². The molecule has 9 nitrogen and oxygen atoms in total. The molecule has 0 bridgehead atoms. The van der Waals surface area contributed by atoms with E-state index in [4.69, 9.17) is 15.2 Å². The van der Waals surface area contributed by atoms with E-state index in [0.717, 1.165) is 11.1 Å². The van der Waals surface area contributed by atoms with E-state index in [1.54, 1.807) is 42.5 Å². The number of Topliss-reactive ketones (excluding diaryl/α,β-unsaturated/α-hetero) is 1. The summed E-state index contributed by atoms with van der Waals surface area (Å²) >= 11 is 0. The van der Waals surface area contributed by atoms with Crippen molar-refractivity contribution >= 4 is 27.7 Å². The fourth-order valence-corrected chi connectivity index (χ4v) is 8.41. The maximum Gasteiger partial charge on any atom is 0.387 e. The van der Waals surface area contributed by atoms with Crippen molar-refractivity contribution in [3.05, 3.63) is 100 Å². The molecule has 250 valence electrons. The first-order chi connectivity index (χ1) is 23.0. The number of halogens is 3. The third kappa shape index (κ3) is 6.08. The summed E-state index contributed by atoms with van der Waals surface area (Å²) in [4.78, 5) is 13.7. The number of aryl methyl sites for hydroxylation is 1. The van der Waals surface area contributed by atoms with Crippen LogP contribution >= 0.6 is 0 Å². The van der Waals surface area contributed by atoms with E-state index in [0.29, 0.717) is 66.9 Å². The molecule has 3 aromatic carbocycles. The van der Waals surface area contributed by atoms with Crippen molar-refractivity contribution in [2.45, 2.75) is 56.8 Å². The van der Waals surface area contributed by atoms with Crippen LogP contribution in [0, 0.1) is 12.7 Å². The lowest BCUT2D eigenvalue weighted by Crippen LogP contribution is -2.39. The van der Waals surface area contributed by atoms with Crippen molar-refractivity contribution in [3.63, 3.8) is 0 Å². The van der Waals surface area contributed by atoms with Gasteiger partial charge in [-0.3, -0.25) is 4.79 Å². The van der Waals surface area contributed by atoms with Crippen LogP contribution in [0.1, 0.15) is 64.2 Å². The van der Waals surface area contributed by atoms with E-state index < -0.39 is 22.5 Å². The van der Waals surface area contributed by atoms with Gasteiger partial charge in [0.15, 0.2) is 17.3 Å². The summed E-state index contributed by atoms with van der Waals surface area (Å²) in [6.07, 6.45) is 5.63. The van der Waals surface area contributed by atoms with Gasteiger partial charge in [0, 0.05) is 25.1 Å². The van der Waals surface area contributed by atoms with Gasteiger partial charge in [-0.2, -0.15) is 13.9 Å². The SMILES string of the molecule is Cc1cc(Oc2ccccc2F)ccc1-n1ncc(C(=O)C2=Cc3cc(OC(F)F)c(C4CCN(S(=O)(=O)C5CC5)CC4)cc3C2)c1N. The number of nitrogen functional groups attached to an aromatic ring is 1. The second-order valence-electron chi connectivity index (χ2n) is 12.4. The van der Waals surface area contributed by atoms with Crippen LogP contribution in [0.4, 0.5) is 19.0 Å². The second-order valence-corrected chi connectivity index (χ2v) is 14.6. The molecule has 4 aromatic rings. The molecule has 13 heteroatoms. The average molecular weight is 679 g/mol. The van der Waals surface area contributed by atoms with E-state index in [-0.39, 0.29) is 46.3 Å². The number of nitrogens with two attached hydrogens (primary N) is 1. The van der Waals surface area contributed by atoms with Crippen LogP contribution in [0.5, 0.6) is 17.2 Å². The normalized spacial score (nSPS) is 17.0. The number of alkyl halides is 2. The Labute approximate surface area is 275 Å². The quantitative estimate of drug-likeness (QED) is 0.184. The van der Waals surface area contributed by atoms with E-state index in [2.05, 4.69) is 5.10 Å². The minimum absolute atomic E-state index is 0.0300. The molecule has 1 saturated carbocycles. The molecular weight excluding hydrogens is 645 g/mol. The molecule has 7 rings (SSSR count). The number of hydrogen-bond acceptors (Lipinski definition) is 7. The molecule has 48 heavy (non-hydrogen) atoms. The maximum atomic E-state index is 14.1. The number of hydrogen-bond donors (Lipinski definition) is 1. The third-order valence-corrected chi connectivity index (χ3v) is 11.6. The number of rotatable bonds is 10. The molecule has 2 fully saturated rings. The van der Waals surface area contributed by atoms with Gasteiger partial charge in [-0.05, 0) is 103 Å². The van der Waals surface area contributed by atoms with Gasteiger partial charge in [-0.15, -0.1) is 0 Å². The fourth-order valence-electron chi connectivity index (χ4n) is 6.53. The number of carbonyl (C=O) groups is 1. The topological polar surface area (TPSA) is 117 Å². The number of ether oxygens (including phenoxy) is 2. The smallest absolute Gasteiger partial charge is 0.387 e. The number of nitrogens with zero attached hydrogens (tertiary/aromatic N) is 3. The van der Waals surface area contributed by atoms with E-state index in [1.807, 2.05) is 6.92 Å². The van der Waals surface area contributed by atoms with Gasteiger partial charge < -0.3 is 15.2 Å². The average Bonchev–Trinajstić information content (AvgIpc) is 3.75. The zero-order chi connectivity index (χ0) is 33.7. The predicted molar refractivity (Wildman–Crippen MR) is 174 cm³/mol. The van der Waals surface area contributed by atoms with Gasteiger partial charge in [0.25, 0.3) is 0 Å². The molecule has 2 heterocycles. The number of ketones is 1. The molecule has 0 spiro atoms. The standard InChI is InChI=1S/C35H33F3N4O5S/c1-20-14-25(46-31-5-3-2-4-29(31)36)6-9-30(20)42-34(39)28(19-40-42)33(43)24-15-22-17-27(32(47-35(37)38)18-23(22)16-24)21-10-12-41(13-11-21)48(44,45)26-7-8-26/h2-6,9,14,16-19,21,26,35H,7-8,10-13,15,39H2,1H3. The molecule has 0 amide bonds. The Morgan fingerprint density at radius 2 is 1.77 bits per heavy atom. The van der Waals surface area contributed by atoms with Crippen LogP contribution in [-0.2, 0) is 16.4 Å². The minimum atomic E-state index is -3.31. The molecule has 2 aliphatic carbocycles. The predicted octanol–water partition coefficient (Wildman–Crippen LogP) is 6.79. The summed E-state index contributed by atoms with van der Waals surface area (Å²) < 4.78 is 80.0. The number of aromatic nitrogens is 2. The first-order valence-electron chi connectivity index (χ1n) is 15.7. The minimum Gasteiger partial charge on any atom is -0.454 e. The summed E-state index contributed by atoms with van der Waals surface area (Å²) in [6, 6.07) is 14.5. The molecular formula is C35H33F3N4O5S. The highest BCUT2D eigenvalue weighted by Crippen LogP contribution is 2.42. The lowest BCUT2D eigenvalue weighted by molar-refractivity contribution is -0.0507. The largest absolute Gasteiger partial charge is 0.454 e. The van der Waals surface area contributed by atoms with E-state index in [9.17, 15) is 26.4 Å². The number of piperidine rings is 1. The van der Waals surface area contributed by atoms with Gasteiger partial charge in [-0.25, -0.2) is 21.8 Å². The Hall–Kier alpha value is -4.62. The highest BCUT2D eigenvalue weighted by molar-refractivity contribution is 7.90. The van der Waals surface area contributed by atoms with Gasteiger partial charge in [0.1, 0.15) is 17.3 Å². The summed E-state index contributed by atoms with van der Waals surface area (Å²) in [6.45, 7) is -0.589. The number of fused-ring (bicyclic) bond motifs is 1. The Morgan fingerprint density at radius 3 is 2.46 bits per heavy atom. The van der Waals surface area contributed by atoms with Crippen molar-refractivity contribution in [3.8, 4) is 22.9 Å². The molecule has 0 atom stereocenters. The lowest BCUT2D eigenvalue weighted by atomic mass is 9.87. The first-order valence-corrected chi connectivity index (χ1v) is 17.2. The van der Waals surface area contributed by atoms with Crippen molar-refractivity contribution in [2.75, 3.05) is 18.8 Å². The fraction of sp³-hybridized carbons (Fsp3) is 0.314. The van der Waals surface area contributed by atoms with Crippen LogP contribution in [0.2, 0.25) is 0 Å². The highest BCUT2D eigenvalue weighted by Gasteiger charge is 2.41. The van der Waals surface area contributed by atoms with Gasteiger partial charge in [-0.1, -0.05) is 18.2 Å². The molecule has 2 N–H and O–H groups in total. The van der Waals surface area contributed by atoms with Crippen LogP contribution < -0.4 is 15.2 Å². The second kappa shape index (κ2) is 12.4. The third-order valence-electron chi connectivity index (χ3n) is 9.20. The molecule has 1 aliphatic heterocycles. The zero-order valence-corrected chi connectivity index (χ0v) is 26.9. The number of allylic oxidation sites excluding steroid dienone is 1. The molecule has 3 aliphatic rings. The Balaban J connectivity index is 1.09. The number of para-hydroxylation sites is 1. The summed E-state index contributed by atoms with van der Waals surface area (Å²) in [5, 5.41) is 4.07. The number of benzene rings is 3. The molecule has 1 saturated heterocycles. The summed E-state index contributed by atoms with van der Waals surface area (Å²) in [5.41, 5.74) is 10.4. The van der Waals surface area contributed by atoms with Crippen LogP contribution in [0.15, 0.2) is 66.4 Å². The van der Waals surface area contributed by atoms with Crippen molar-refractivity contribution in [1.29, 1.82) is 0 Å². The Morgan fingerprint density at radius 1 is 1.02 bits per heavy atom. The highest BCUT2D eigenvalue weighted by atomic mass is 32.2. The van der Waals surface area contributed by atoms with Crippen molar-refractivity contribution in [1.82, 2.24) is 14.1 Å². The number of sulfonamides is 1. The van der Waals surface area contributed by atoms with Gasteiger partial charge >= 0.3 is 6.61 Å². The van der Waals surface area contributed by atoms with E-state index >= 15 is 0 Å². The monoisotopic (exact) mass is 678 g/mol. The van der Waals surface area contributed by atoms with Crippen LogP contribution in [0.3, 0.4) is 0 Å². The van der Waals surface area contributed by atoms with Gasteiger partial charge in [0.2, 0.25) is 10.0 Å². The Bertz CT molecular complexity index is 2050. The number of anilines is 1. The van der Waals surface area contributed by atoms with Gasteiger partial charge in [0.05, 0.1) is 22.7 Å². The van der Waals surface area contributed by atoms with E-state index in [1.165, 1.54) is 33.4 Å². The summed E-state index contributed by atoms with van der Waals surface area (Å²) in [5.74, 6) is -0.343. The maximum absolute atomic E-state index is 14.1. The summed E-state index contributed by atoms with van der Waals surface area (Å²) in [7, 11) is -3.31. The zero-order valence-electron chi connectivity index (χ0n) is 26.0. The Kier molecular flexibility index (Phi) is 8.28.